The fraction of sp³-hybridized carbons (Fsp3) is 0.562. The van der Waals surface area contributed by atoms with E-state index in [1.807, 2.05) is 12.1 Å². The Morgan fingerprint density at radius 1 is 1.20 bits per heavy atom. The summed E-state index contributed by atoms with van der Waals surface area (Å²) in [4.78, 5) is 11.6. The fourth-order valence-electron chi connectivity index (χ4n) is 1.58. The molecule has 0 aliphatic heterocycles. The van der Waals surface area contributed by atoms with E-state index in [4.69, 9.17) is 9.47 Å². The highest BCUT2D eigenvalue weighted by Crippen LogP contribution is 2.19. The minimum atomic E-state index is -0.711. The molecule has 20 heavy (non-hydrogen) atoms. The van der Waals surface area contributed by atoms with Crippen LogP contribution in [0.1, 0.15) is 46.6 Å². The number of aliphatic hydroxyl groups is 1. The van der Waals surface area contributed by atoms with Crippen LogP contribution in [0, 0.1) is 0 Å². The van der Waals surface area contributed by atoms with Crippen LogP contribution >= 0.6 is 0 Å². The average Bonchev–Trinajstić information content (AvgIpc) is 2.23. The quantitative estimate of drug-likeness (QED) is 0.675. The minimum absolute atomic E-state index is 0.451. The fourth-order valence-corrected chi connectivity index (χ4v) is 1.58. The first-order valence-corrected chi connectivity index (χ1v) is 6.77. The summed E-state index contributed by atoms with van der Waals surface area (Å²) in [5.74, 6) is 0.451. The summed E-state index contributed by atoms with van der Waals surface area (Å²) in [7, 11) is 0. The Hall–Kier alpha value is -1.55. The molecule has 1 N–H and O–H groups in total. The summed E-state index contributed by atoms with van der Waals surface area (Å²) in [6.07, 6.45) is 0.648. The SMILES string of the molecule is CC(C)(O)CCc1cccc(OC(=O)OC(C)(C)C)c1. The lowest BCUT2D eigenvalue weighted by Gasteiger charge is -2.19. The van der Waals surface area contributed by atoms with E-state index < -0.39 is 17.4 Å². The lowest BCUT2D eigenvalue weighted by atomic mass is 9.99. The van der Waals surface area contributed by atoms with Crippen LogP contribution in [0.3, 0.4) is 0 Å². The summed E-state index contributed by atoms with van der Waals surface area (Å²) >= 11 is 0. The molecule has 1 rings (SSSR count). The van der Waals surface area contributed by atoms with Gasteiger partial charge >= 0.3 is 6.16 Å². The zero-order chi connectivity index (χ0) is 15.4. The third-order valence-corrected chi connectivity index (χ3v) is 2.51. The number of carbonyl (C=O) groups is 1. The first-order chi connectivity index (χ1) is 9.05. The number of aryl methyl sites for hydroxylation is 1. The van der Waals surface area contributed by atoms with E-state index in [0.717, 1.165) is 12.0 Å². The Morgan fingerprint density at radius 2 is 1.85 bits per heavy atom. The first kappa shape index (κ1) is 16.5. The zero-order valence-electron chi connectivity index (χ0n) is 12.9. The highest BCUT2D eigenvalue weighted by atomic mass is 16.7. The van der Waals surface area contributed by atoms with Crippen LogP contribution in [0.25, 0.3) is 0 Å². The van der Waals surface area contributed by atoms with Crippen LogP contribution in [-0.2, 0) is 11.2 Å². The summed E-state index contributed by atoms with van der Waals surface area (Å²) in [6, 6.07) is 7.25. The Labute approximate surface area is 120 Å². The number of rotatable bonds is 4. The van der Waals surface area contributed by atoms with Gasteiger partial charge in [-0.2, -0.15) is 0 Å². The molecule has 0 spiro atoms. The van der Waals surface area contributed by atoms with E-state index in [1.54, 1.807) is 46.8 Å². The monoisotopic (exact) mass is 280 g/mol. The van der Waals surface area contributed by atoms with Gasteiger partial charge in [-0.25, -0.2) is 4.79 Å². The van der Waals surface area contributed by atoms with Crippen molar-refractivity contribution in [2.24, 2.45) is 0 Å². The van der Waals surface area contributed by atoms with Crippen LogP contribution in [-0.4, -0.2) is 22.5 Å². The predicted octanol–water partition coefficient (Wildman–Crippen LogP) is 3.70. The lowest BCUT2D eigenvalue weighted by Crippen LogP contribution is -2.26. The molecule has 112 valence electrons. The maximum absolute atomic E-state index is 11.6. The molecule has 0 aliphatic rings. The van der Waals surface area contributed by atoms with Crippen LogP contribution < -0.4 is 4.74 Å². The lowest BCUT2D eigenvalue weighted by molar-refractivity contribution is 0.0205. The molecule has 4 heteroatoms. The Kier molecular flexibility index (Phi) is 5.17. The summed E-state index contributed by atoms with van der Waals surface area (Å²) < 4.78 is 10.2. The molecule has 0 aliphatic carbocycles. The summed E-state index contributed by atoms with van der Waals surface area (Å²) in [6.45, 7) is 8.90. The molecule has 0 unspecified atom stereocenters. The van der Waals surface area contributed by atoms with Gasteiger partial charge < -0.3 is 14.6 Å². The van der Waals surface area contributed by atoms with Crippen LogP contribution in [0.2, 0.25) is 0 Å². The van der Waals surface area contributed by atoms with E-state index in [0.29, 0.717) is 12.2 Å². The largest absolute Gasteiger partial charge is 0.514 e. The van der Waals surface area contributed by atoms with Crippen LogP contribution in [0.5, 0.6) is 5.75 Å². The molecule has 4 nitrogen and oxygen atoms in total. The molecule has 0 atom stereocenters. The van der Waals surface area contributed by atoms with Gasteiger partial charge in [0, 0.05) is 0 Å². The number of hydrogen-bond donors (Lipinski definition) is 1. The van der Waals surface area contributed by atoms with Crippen molar-refractivity contribution in [2.75, 3.05) is 0 Å². The minimum Gasteiger partial charge on any atom is -0.428 e. The van der Waals surface area contributed by atoms with Gasteiger partial charge in [0.2, 0.25) is 0 Å². The molecule has 0 saturated carbocycles. The van der Waals surface area contributed by atoms with Gasteiger partial charge in [0.15, 0.2) is 0 Å². The molecule has 0 fully saturated rings. The maximum Gasteiger partial charge on any atom is 0.514 e. The van der Waals surface area contributed by atoms with Gasteiger partial charge in [-0.15, -0.1) is 0 Å². The van der Waals surface area contributed by atoms with Crippen LogP contribution in [0.4, 0.5) is 4.79 Å². The van der Waals surface area contributed by atoms with Gasteiger partial charge in [0.1, 0.15) is 11.4 Å². The van der Waals surface area contributed by atoms with Crippen molar-refractivity contribution in [1.29, 1.82) is 0 Å². The number of carbonyl (C=O) groups excluding carboxylic acids is 1. The molecule has 0 heterocycles. The molecular formula is C16H24O4. The molecule has 0 aromatic heterocycles. The molecule has 0 radical (unpaired) electrons. The highest BCUT2D eigenvalue weighted by Gasteiger charge is 2.18. The van der Waals surface area contributed by atoms with Gasteiger partial charge in [0.25, 0.3) is 0 Å². The number of hydrogen-bond acceptors (Lipinski definition) is 4. The normalized spacial score (nSPS) is 12.1. The number of benzene rings is 1. The van der Waals surface area contributed by atoms with Gasteiger partial charge in [-0.1, -0.05) is 12.1 Å². The Balaban J connectivity index is 2.62. The average molecular weight is 280 g/mol. The Bertz CT molecular complexity index is 452. The second-order valence-electron chi connectivity index (χ2n) is 6.53. The third-order valence-electron chi connectivity index (χ3n) is 2.51. The zero-order valence-corrected chi connectivity index (χ0v) is 12.9. The van der Waals surface area contributed by atoms with E-state index in [2.05, 4.69) is 0 Å². The van der Waals surface area contributed by atoms with E-state index in [1.165, 1.54) is 0 Å². The number of ether oxygens (including phenoxy) is 2. The molecule has 1 aromatic rings. The van der Waals surface area contributed by atoms with E-state index in [9.17, 15) is 9.90 Å². The predicted molar refractivity (Wildman–Crippen MR) is 77.9 cm³/mol. The second-order valence-corrected chi connectivity index (χ2v) is 6.53. The molecule has 0 amide bonds. The molecule has 0 bridgehead atoms. The smallest absolute Gasteiger partial charge is 0.428 e. The summed E-state index contributed by atoms with van der Waals surface area (Å²) in [5.41, 5.74) is -0.273. The van der Waals surface area contributed by atoms with Gasteiger partial charge in [-0.3, -0.25) is 0 Å². The van der Waals surface area contributed by atoms with Crippen LogP contribution in [0.15, 0.2) is 24.3 Å². The molecule has 1 aromatic carbocycles. The van der Waals surface area contributed by atoms with Crippen molar-refractivity contribution >= 4 is 6.16 Å². The van der Waals surface area contributed by atoms with Crippen molar-refractivity contribution in [3.63, 3.8) is 0 Å². The van der Waals surface area contributed by atoms with Crippen molar-refractivity contribution in [2.45, 2.75) is 58.7 Å². The topological polar surface area (TPSA) is 55.8 Å². The first-order valence-electron chi connectivity index (χ1n) is 6.77. The highest BCUT2D eigenvalue weighted by molar-refractivity contribution is 5.64. The van der Waals surface area contributed by atoms with Gasteiger partial charge in [0.05, 0.1) is 5.60 Å². The molecule has 0 saturated heterocycles. The third kappa shape index (κ3) is 7.14. The maximum atomic E-state index is 11.6. The van der Waals surface area contributed by atoms with E-state index in [-0.39, 0.29) is 0 Å². The van der Waals surface area contributed by atoms with E-state index >= 15 is 0 Å². The van der Waals surface area contributed by atoms with Crippen molar-refractivity contribution in [1.82, 2.24) is 0 Å². The Morgan fingerprint density at radius 3 is 2.40 bits per heavy atom. The molecular weight excluding hydrogens is 256 g/mol. The summed E-state index contributed by atoms with van der Waals surface area (Å²) in [5, 5.41) is 9.72. The standard InChI is InChI=1S/C16H24O4/c1-15(2,3)20-14(17)19-13-8-6-7-12(11-13)9-10-16(4,5)18/h6-8,11,18H,9-10H2,1-5H3. The van der Waals surface area contributed by atoms with Gasteiger partial charge in [-0.05, 0) is 65.2 Å². The van der Waals surface area contributed by atoms with Crippen molar-refractivity contribution in [3.05, 3.63) is 29.8 Å². The van der Waals surface area contributed by atoms with Crippen molar-refractivity contribution in [3.8, 4) is 5.75 Å². The van der Waals surface area contributed by atoms with Crippen molar-refractivity contribution < 1.29 is 19.4 Å². The second kappa shape index (κ2) is 6.27.